The number of rotatable bonds is 5. The van der Waals surface area contributed by atoms with E-state index in [1.165, 1.54) is 12.1 Å². The van der Waals surface area contributed by atoms with Crippen LogP contribution in [-0.4, -0.2) is 44.7 Å². The zero-order valence-electron chi connectivity index (χ0n) is 18.0. The van der Waals surface area contributed by atoms with Crippen molar-refractivity contribution in [2.24, 2.45) is 0 Å². The number of sulfone groups is 1. The lowest BCUT2D eigenvalue weighted by Gasteiger charge is -2.20. The van der Waals surface area contributed by atoms with Gasteiger partial charge in [-0.3, -0.25) is 4.79 Å². The van der Waals surface area contributed by atoms with Gasteiger partial charge in [0.05, 0.1) is 27.3 Å². The van der Waals surface area contributed by atoms with Gasteiger partial charge in [-0.15, -0.1) is 0 Å². The molecule has 31 heavy (non-hydrogen) atoms. The number of carbonyl (C=O) groups excluding carboxylic acids is 1. The number of ether oxygens (including phenoxy) is 1. The van der Waals surface area contributed by atoms with Gasteiger partial charge in [-0.2, -0.15) is 0 Å². The molecule has 0 bridgehead atoms. The minimum absolute atomic E-state index is 0.100. The van der Waals surface area contributed by atoms with E-state index in [1.807, 2.05) is 19.9 Å². The van der Waals surface area contributed by atoms with Crippen LogP contribution in [0.2, 0.25) is 5.02 Å². The molecule has 1 amide bonds. The van der Waals surface area contributed by atoms with Crippen molar-refractivity contribution in [1.82, 2.24) is 4.90 Å². The largest absolute Gasteiger partial charge is 0.490 e. The highest BCUT2D eigenvalue weighted by Crippen LogP contribution is 2.36. The zero-order valence-corrected chi connectivity index (χ0v) is 19.6. The lowest BCUT2D eigenvalue weighted by atomic mass is 10.1. The summed E-state index contributed by atoms with van der Waals surface area (Å²) < 4.78 is 29.9. The summed E-state index contributed by atoms with van der Waals surface area (Å²) >= 11 is 6.55. The summed E-state index contributed by atoms with van der Waals surface area (Å²) in [6, 6.07) is 8.51. The SMILES string of the molecule is CC(C)Oc1ccc(S(C)(=O)=O)cc1C(=O)N1Cc2cc(Cl)c(N3CCCC3)cc2C1. The van der Waals surface area contributed by atoms with Crippen LogP contribution in [0.25, 0.3) is 0 Å². The standard InChI is InChI=1S/C23H27ClN2O4S/c1-15(2)30-22-7-6-18(31(3,28)29)12-19(22)23(27)26-13-16-10-20(24)21(11-17(16)14-26)25-8-4-5-9-25/h6-7,10-12,15H,4-5,8-9,13-14H2,1-3H3. The number of fused-ring (bicyclic) bond motifs is 1. The Morgan fingerprint density at radius 1 is 1.06 bits per heavy atom. The van der Waals surface area contributed by atoms with E-state index in [4.69, 9.17) is 16.3 Å². The molecule has 0 radical (unpaired) electrons. The smallest absolute Gasteiger partial charge is 0.258 e. The third-order valence-corrected chi connectivity index (χ3v) is 7.11. The van der Waals surface area contributed by atoms with Crippen LogP contribution in [0.3, 0.4) is 0 Å². The molecule has 2 aliphatic heterocycles. The first-order valence-corrected chi connectivity index (χ1v) is 12.8. The molecule has 0 N–H and O–H groups in total. The van der Waals surface area contributed by atoms with Crippen LogP contribution < -0.4 is 9.64 Å². The highest BCUT2D eigenvalue weighted by molar-refractivity contribution is 7.90. The molecule has 2 aromatic carbocycles. The van der Waals surface area contributed by atoms with Crippen molar-refractivity contribution >= 4 is 33.0 Å². The fourth-order valence-electron chi connectivity index (χ4n) is 4.19. The van der Waals surface area contributed by atoms with Crippen LogP contribution in [0, 0.1) is 0 Å². The van der Waals surface area contributed by atoms with Crippen LogP contribution in [0.15, 0.2) is 35.2 Å². The summed E-state index contributed by atoms with van der Waals surface area (Å²) in [4.78, 5) is 17.5. The average Bonchev–Trinajstić information content (AvgIpc) is 3.35. The van der Waals surface area contributed by atoms with Gasteiger partial charge in [0.15, 0.2) is 9.84 Å². The summed E-state index contributed by atoms with van der Waals surface area (Å²) in [7, 11) is -3.45. The number of hydrogen-bond acceptors (Lipinski definition) is 5. The third kappa shape index (κ3) is 4.53. The molecule has 1 fully saturated rings. The molecular weight excluding hydrogens is 436 g/mol. The second-order valence-electron chi connectivity index (χ2n) is 8.52. The van der Waals surface area contributed by atoms with E-state index in [0.717, 1.165) is 49.0 Å². The van der Waals surface area contributed by atoms with Crippen molar-refractivity contribution in [1.29, 1.82) is 0 Å². The van der Waals surface area contributed by atoms with Crippen LogP contribution in [-0.2, 0) is 22.9 Å². The fourth-order valence-corrected chi connectivity index (χ4v) is 5.14. The Morgan fingerprint density at radius 2 is 1.71 bits per heavy atom. The van der Waals surface area contributed by atoms with E-state index in [0.29, 0.717) is 23.9 Å². The van der Waals surface area contributed by atoms with Crippen molar-refractivity contribution in [3.63, 3.8) is 0 Å². The Hall–Kier alpha value is -2.25. The fraction of sp³-hybridized carbons (Fsp3) is 0.435. The number of hydrogen-bond donors (Lipinski definition) is 0. The number of benzene rings is 2. The minimum atomic E-state index is -3.45. The van der Waals surface area contributed by atoms with Gasteiger partial charge in [0.25, 0.3) is 5.91 Å². The van der Waals surface area contributed by atoms with E-state index in [1.54, 1.807) is 11.0 Å². The summed E-state index contributed by atoms with van der Waals surface area (Å²) in [5.74, 6) is 0.135. The molecular formula is C23H27ClN2O4S. The van der Waals surface area contributed by atoms with Crippen molar-refractivity contribution < 1.29 is 17.9 Å². The highest BCUT2D eigenvalue weighted by atomic mass is 35.5. The molecule has 0 aliphatic carbocycles. The molecule has 8 heteroatoms. The van der Waals surface area contributed by atoms with Crippen molar-refractivity contribution in [3.05, 3.63) is 52.0 Å². The minimum Gasteiger partial charge on any atom is -0.490 e. The molecule has 166 valence electrons. The zero-order chi connectivity index (χ0) is 22.3. The molecule has 4 rings (SSSR count). The van der Waals surface area contributed by atoms with Gasteiger partial charge in [0, 0.05) is 32.4 Å². The van der Waals surface area contributed by atoms with Gasteiger partial charge in [0.1, 0.15) is 5.75 Å². The molecule has 0 unspecified atom stereocenters. The second-order valence-corrected chi connectivity index (χ2v) is 10.9. The van der Waals surface area contributed by atoms with Gasteiger partial charge in [0.2, 0.25) is 0 Å². The van der Waals surface area contributed by atoms with E-state index < -0.39 is 9.84 Å². The van der Waals surface area contributed by atoms with Gasteiger partial charge in [-0.1, -0.05) is 11.6 Å². The predicted octanol–water partition coefficient (Wildman–Crippen LogP) is 4.29. The molecule has 2 aliphatic rings. The molecule has 2 aromatic rings. The highest BCUT2D eigenvalue weighted by Gasteiger charge is 2.29. The van der Waals surface area contributed by atoms with Gasteiger partial charge in [-0.05, 0) is 68.1 Å². The first-order chi connectivity index (χ1) is 14.6. The van der Waals surface area contributed by atoms with E-state index in [-0.39, 0.29) is 22.5 Å². The topological polar surface area (TPSA) is 66.9 Å². The van der Waals surface area contributed by atoms with Crippen LogP contribution in [0.1, 0.15) is 48.2 Å². The lowest BCUT2D eigenvalue weighted by Crippen LogP contribution is -2.26. The molecule has 6 nitrogen and oxygen atoms in total. The van der Waals surface area contributed by atoms with Crippen molar-refractivity contribution in [3.8, 4) is 5.75 Å². The van der Waals surface area contributed by atoms with E-state index in [9.17, 15) is 13.2 Å². The molecule has 1 saturated heterocycles. The number of amides is 1. The number of anilines is 1. The molecule has 0 spiro atoms. The Kier molecular flexibility index (Phi) is 5.92. The van der Waals surface area contributed by atoms with Crippen LogP contribution in [0.4, 0.5) is 5.69 Å². The molecule has 0 atom stereocenters. The van der Waals surface area contributed by atoms with Crippen molar-refractivity contribution in [2.45, 2.75) is 50.8 Å². The summed E-state index contributed by atoms with van der Waals surface area (Å²) in [5, 5.41) is 0.706. The molecule has 0 saturated carbocycles. The molecule has 0 aromatic heterocycles. The third-order valence-electron chi connectivity index (χ3n) is 5.70. The first-order valence-electron chi connectivity index (χ1n) is 10.5. The number of halogens is 1. The first kappa shape index (κ1) is 22.0. The normalized spacial score (nSPS) is 16.2. The monoisotopic (exact) mass is 462 g/mol. The quantitative estimate of drug-likeness (QED) is 0.663. The maximum Gasteiger partial charge on any atom is 0.258 e. The summed E-state index contributed by atoms with van der Waals surface area (Å²) in [5.41, 5.74) is 3.38. The Morgan fingerprint density at radius 3 is 2.32 bits per heavy atom. The van der Waals surface area contributed by atoms with Crippen LogP contribution in [0.5, 0.6) is 5.75 Å². The summed E-state index contributed by atoms with van der Waals surface area (Å²) in [6.07, 6.45) is 3.31. The maximum absolute atomic E-state index is 13.4. The Bertz CT molecular complexity index is 1120. The lowest BCUT2D eigenvalue weighted by molar-refractivity contribution is 0.0745. The second kappa shape index (κ2) is 8.36. The van der Waals surface area contributed by atoms with Crippen LogP contribution >= 0.6 is 11.6 Å². The summed E-state index contributed by atoms with van der Waals surface area (Å²) in [6.45, 7) is 6.61. The maximum atomic E-state index is 13.4. The molecule has 2 heterocycles. The van der Waals surface area contributed by atoms with Crippen molar-refractivity contribution in [2.75, 3.05) is 24.2 Å². The number of nitrogens with zero attached hydrogens (tertiary/aromatic N) is 2. The average molecular weight is 463 g/mol. The van der Waals surface area contributed by atoms with E-state index >= 15 is 0 Å². The Balaban J connectivity index is 1.65. The number of carbonyl (C=O) groups is 1. The van der Waals surface area contributed by atoms with Gasteiger partial charge < -0.3 is 14.5 Å². The predicted molar refractivity (Wildman–Crippen MR) is 122 cm³/mol. The van der Waals surface area contributed by atoms with Gasteiger partial charge >= 0.3 is 0 Å². The Labute approximate surface area is 188 Å². The van der Waals surface area contributed by atoms with E-state index in [2.05, 4.69) is 11.0 Å². The van der Waals surface area contributed by atoms with Gasteiger partial charge in [-0.25, -0.2) is 8.42 Å².